The van der Waals surface area contributed by atoms with Crippen LogP contribution in [0.15, 0.2) is 33.5 Å². The van der Waals surface area contributed by atoms with Gasteiger partial charge in [-0.15, -0.1) is 0 Å². The first-order valence-electron chi connectivity index (χ1n) is 6.29. The van der Waals surface area contributed by atoms with E-state index in [-0.39, 0.29) is 18.0 Å². The van der Waals surface area contributed by atoms with Gasteiger partial charge in [-0.1, -0.05) is 22.0 Å². The molecule has 1 heterocycles. The number of aromatic nitrogens is 2. The number of aromatic amines is 1. The van der Waals surface area contributed by atoms with Gasteiger partial charge in [-0.3, -0.25) is 9.36 Å². The number of aryl methyl sites for hydroxylation is 1. The standard InChI is InChI=1S/C14H16BrN3O2/c1-9-10(2)18(14(20)16-9)7-6-13(19)17-12-5-3-4-11(15)8-12/h3-5,8H,6-7H2,1-2H3,(H,16,20)(H,17,19). The summed E-state index contributed by atoms with van der Waals surface area (Å²) in [6.07, 6.45) is 0.255. The Bertz CT molecular complexity index is 688. The number of H-pyrrole nitrogens is 1. The van der Waals surface area contributed by atoms with E-state index in [4.69, 9.17) is 0 Å². The van der Waals surface area contributed by atoms with Crippen LogP contribution in [0, 0.1) is 13.8 Å². The summed E-state index contributed by atoms with van der Waals surface area (Å²) in [4.78, 5) is 26.2. The molecule has 2 aromatic rings. The molecule has 0 bridgehead atoms. The average molecular weight is 338 g/mol. The molecule has 0 unspecified atom stereocenters. The van der Waals surface area contributed by atoms with Crippen LogP contribution in [0.3, 0.4) is 0 Å². The number of benzene rings is 1. The van der Waals surface area contributed by atoms with Crippen molar-refractivity contribution in [3.8, 4) is 0 Å². The van der Waals surface area contributed by atoms with E-state index in [9.17, 15) is 9.59 Å². The van der Waals surface area contributed by atoms with E-state index in [0.29, 0.717) is 6.54 Å². The third-order valence-electron chi connectivity index (χ3n) is 3.16. The Labute approximate surface area is 125 Å². The van der Waals surface area contributed by atoms with Crippen LogP contribution >= 0.6 is 15.9 Å². The largest absolute Gasteiger partial charge is 0.326 e. The van der Waals surface area contributed by atoms with Crippen molar-refractivity contribution < 1.29 is 4.79 Å². The molecule has 1 aromatic carbocycles. The van der Waals surface area contributed by atoms with Gasteiger partial charge in [-0.2, -0.15) is 0 Å². The Balaban J connectivity index is 1.97. The molecule has 0 aliphatic carbocycles. The van der Waals surface area contributed by atoms with Crippen LogP contribution in [0.1, 0.15) is 17.8 Å². The molecule has 20 heavy (non-hydrogen) atoms. The lowest BCUT2D eigenvalue weighted by molar-refractivity contribution is -0.116. The van der Waals surface area contributed by atoms with Gasteiger partial charge >= 0.3 is 5.69 Å². The topological polar surface area (TPSA) is 66.9 Å². The highest BCUT2D eigenvalue weighted by atomic mass is 79.9. The van der Waals surface area contributed by atoms with E-state index in [1.165, 1.54) is 0 Å². The van der Waals surface area contributed by atoms with Gasteiger partial charge < -0.3 is 10.3 Å². The summed E-state index contributed by atoms with van der Waals surface area (Å²) in [5.41, 5.74) is 2.27. The molecule has 2 rings (SSSR count). The summed E-state index contributed by atoms with van der Waals surface area (Å²) in [7, 11) is 0. The quantitative estimate of drug-likeness (QED) is 0.900. The highest BCUT2D eigenvalue weighted by Crippen LogP contribution is 2.15. The monoisotopic (exact) mass is 337 g/mol. The van der Waals surface area contributed by atoms with E-state index >= 15 is 0 Å². The zero-order valence-corrected chi connectivity index (χ0v) is 13.0. The third-order valence-corrected chi connectivity index (χ3v) is 3.65. The summed E-state index contributed by atoms with van der Waals surface area (Å²) < 4.78 is 2.49. The summed E-state index contributed by atoms with van der Waals surface area (Å²) in [5.74, 6) is -0.117. The first kappa shape index (κ1) is 14.6. The average Bonchev–Trinajstić information content (AvgIpc) is 2.61. The second-order valence-electron chi connectivity index (χ2n) is 4.60. The van der Waals surface area contributed by atoms with Crippen LogP contribution in [0.5, 0.6) is 0 Å². The molecule has 106 valence electrons. The number of carbonyl (C=O) groups excluding carboxylic acids is 1. The van der Waals surface area contributed by atoms with E-state index < -0.39 is 0 Å². The van der Waals surface area contributed by atoms with E-state index in [1.807, 2.05) is 38.1 Å². The van der Waals surface area contributed by atoms with Crippen LogP contribution in [0.25, 0.3) is 0 Å². The summed E-state index contributed by atoms with van der Waals surface area (Å²) in [6, 6.07) is 7.39. The predicted octanol–water partition coefficient (Wildman–Crippen LogP) is 2.58. The number of nitrogens with zero attached hydrogens (tertiary/aromatic N) is 1. The molecule has 5 nitrogen and oxygen atoms in total. The fourth-order valence-corrected chi connectivity index (χ4v) is 2.34. The maximum atomic E-state index is 11.9. The lowest BCUT2D eigenvalue weighted by Gasteiger charge is -2.07. The van der Waals surface area contributed by atoms with E-state index in [1.54, 1.807) is 4.57 Å². The fourth-order valence-electron chi connectivity index (χ4n) is 1.95. The molecule has 1 aromatic heterocycles. The number of anilines is 1. The third kappa shape index (κ3) is 3.39. The highest BCUT2D eigenvalue weighted by molar-refractivity contribution is 9.10. The molecule has 0 aliphatic heterocycles. The maximum absolute atomic E-state index is 11.9. The van der Waals surface area contributed by atoms with Crippen molar-refractivity contribution in [2.24, 2.45) is 0 Å². The van der Waals surface area contributed by atoms with Crippen molar-refractivity contribution in [1.29, 1.82) is 0 Å². The van der Waals surface area contributed by atoms with Crippen molar-refractivity contribution in [2.45, 2.75) is 26.8 Å². The molecular weight excluding hydrogens is 322 g/mol. The Morgan fingerprint density at radius 1 is 1.40 bits per heavy atom. The summed E-state index contributed by atoms with van der Waals surface area (Å²) >= 11 is 3.35. The normalized spacial score (nSPS) is 10.6. The lowest BCUT2D eigenvalue weighted by Crippen LogP contribution is -2.22. The van der Waals surface area contributed by atoms with Gasteiger partial charge in [0.05, 0.1) is 0 Å². The Hall–Kier alpha value is -1.82. The minimum Gasteiger partial charge on any atom is -0.326 e. The van der Waals surface area contributed by atoms with Crippen molar-refractivity contribution in [1.82, 2.24) is 9.55 Å². The zero-order valence-electron chi connectivity index (χ0n) is 11.4. The number of rotatable bonds is 4. The van der Waals surface area contributed by atoms with E-state index in [2.05, 4.69) is 26.2 Å². The SMILES string of the molecule is Cc1[nH]c(=O)n(CCC(=O)Nc2cccc(Br)c2)c1C. The number of halogens is 1. The van der Waals surface area contributed by atoms with E-state index in [0.717, 1.165) is 21.5 Å². The van der Waals surface area contributed by atoms with Crippen molar-refractivity contribution in [3.63, 3.8) is 0 Å². The minimum atomic E-state index is -0.171. The minimum absolute atomic E-state index is 0.117. The second-order valence-corrected chi connectivity index (χ2v) is 5.52. The molecule has 0 spiro atoms. The summed E-state index contributed by atoms with van der Waals surface area (Å²) in [5, 5.41) is 2.80. The number of amides is 1. The van der Waals surface area contributed by atoms with Gasteiger partial charge in [-0.25, -0.2) is 4.79 Å². The summed E-state index contributed by atoms with van der Waals surface area (Å²) in [6.45, 7) is 4.07. The Morgan fingerprint density at radius 2 is 2.15 bits per heavy atom. The van der Waals surface area contributed by atoms with Crippen molar-refractivity contribution in [3.05, 3.63) is 50.6 Å². The molecule has 1 amide bonds. The number of nitrogens with one attached hydrogen (secondary N) is 2. The number of hydrogen-bond acceptors (Lipinski definition) is 2. The smallest absolute Gasteiger partial charge is 0.325 e. The van der Waals surface area contributed by atoms with Gasteiger partial charge in [0.1, 0.15) is 0 Å². The first-order valence-corrected chi connectivity index (χ1v) is 7.08. The molecule has 0 saturated heterocycles. The van der Waals surface area contributed by atoms with Crippen molar-refractivity contribution >= 4 is 27.5 Å². The van der Waals surface area contributed by atoms with Crippen LogP contribution in [0.2, 0.25) is 0 Å². The Morgan fingerprint density at radius 3 is 2.75 bits per heavy atom. The zero-order chi connectivity index (χ0) is 14.7. The van der Waals surface area contributed by atoms with Crippen LogP contribution in [-0.4, -0.2) is 15.5 Å². The van der Waals surface area contributed by atoms with Gasteiger partial charge in [-0.05, 0) is 32.0 Å². The number of hydrogen-bond donors (Lipinski definition) is 2. The number of carbonyl (C=O) groups is 1. The van der Waals surface area contributed by atoms with Gasteiger partial charge in [0.25, 0.3) is 0 Å². The van der Waals surface area contributed by atoms with Crippen LogP contribution < -0.4 is 11.0 Å². The van der Waals surface area contributed by atoms with Gasteiger partial charge in [0.15, 0.2) is 0 Å². The fraction of sp³-hybridized carbons (Fsp3) is 0.286. The lowest BCUT2D eigenvalue weighted by atomic mass is 10.3. The first-order chi connectivity index (χ1) is 9.47. The second kappa shape index (κ2) is 6.09. The molecule has 0 fully saturated rings. The van der Waals surface area contributed by atoms with Gasteiger partial charge in [0, 0.05) is 34.5 Å². The molecule has 2 N–H and O–H groups in total. The van der Waals surface area contributed by atoms with Crippen LogP contribution in [-0.2, 0) is 11.3 Å². The highest BCUT2D eigenvalue weighted by Gasteiger charge is 2.09. The van der Waals surface area contributed by atoms with Crippen molar-refractivity contribution in [2.75, 3.05) is 5.32 Å². The van der Waals surface area contributed by atoms with Crippen LogP contribution in [0.4, 0.5) is 5.69 Å². The molecular formula is C14H16BrN3O2. The Kier molecular flexibility index (Phi) is 4.44. The molecule has 0 radical (unpaired) electrons. The van der Waals surface area contributed by atoms with Gasteiger partial charge in [0.2, 0.25) is 5.91 Å². The molecule has 6 heteroatoms. The molecule has 0 aliphatic rings. The number of imidazole rings is 1. The molecule has 0 atom stereocenters. The predicted molar refractivity (Wildman–Crippen MR) is 81.9 cm³/mol. The molecule has 0 saturated carbocycles. The maximum Gasteiger partial charge on any atom is 0.325 e.